The van der Waals surface area contributed by atoms with Gasteiger partial charge >= 0.3 is 24.5 Å². The third-order valence-corrected chi connectivity index (χ3v) is 11.0. The summed E-state index contributed by atoms with van der Waals surface area (Å²) in [6.45, 7) is 3.32. The molecule has 3 fully saturated rings. The van der Waals surface area contributed by atoms with Crippen LogP contribution in [0.25, 0.3) is 0 Å². The van der Waals surface area contributed by atoms with Crippen molar-refractivity contribution in [3.8, 4) is 0 Å². The molecule has 4 aliphatic rings. The van der Waals surface area contributed by atoms with Crippen LogP contribution in [0.2, 0.25) is 0 Å². The third kappa shape index (κ3) is 7.92. The van der Waals surface area contributed by atoms with E-state index in [2.05, 4.69) is 10.2 Å². The van der Waals surface area contributed by atoms with Crippen molar-refractivity contribution in [1.82, 2.24) is 19.6 Å². The predicted octanol–water partition coefficient (Wildman–Crippen LogP) is 6.40. The summed E-state index contributed by atoms with van der Waals surface area (Å²) in [7, 11) is 0. The molecule has 6 rings (SSSR count). The Balaban J connectivity index is 1.18. The molecule has 4 amide bonds. The fraction of sp³-hybridized carbons (Fsp3) is 0.606. The van der Waals surface area contributed by atoms with Crippen LogP contribution in [0, 0.1) is 0 Å². The van der Waals surface area contributed by atoms with Crippen molar-refractivity contribution in [3.05, 3.63) is 45.1 Å². The van der Waals surface area contributed by atoms with E-state index in [0.717, 1.165) is 37.2 Å². The van der Waals surface area contributed by atoms with Gasteiger partial charge in [0.05, 0.1) is 29.0 Å². The number of carbonyl (C=O) groups is 3. The maximum atomic E-state index is 13.9. The first-order chi connectivity index (χ1) is 23.7. The van der Waals surface area contributed by atoms with Gasteiger partial charge in [-0.2, -0.15) is 26.3 Å². The number of piperidine rings is 3. The van der Waals surface area contributed by atoms with Crippen LogP contribution < -0.4 is 11.1 Å². The first-order valence-electron chi connectivity index (χ1n) is 16.9. The second kappa shape index (κ2) is 14.5. The fourth-order valence-electron chi connectivity index (χ4n) is 7.48. The van der Waals surface area contributed by atoms with Crippen LogP contribution in [0.4, 0.5) is 47.3 Å². The number of alkyl halides is 6. The molecule has 0 bridgehead atoms. The summed E-state index contributed by atoms with van der Waals surface area (Å²) in [5, 5.41) is 6.68. The monoisotopic (exact) mass is 730 g/mol. The highest BCUT2D eigenvalue weighted by molar-refractivity contribution is 7.08. The van der Waals surface area contributed by atoms with Crippen molar-refractivity contribution < 1.29 is 45.5 Å². The van der Waals surface area contributed by atoms with E-state index < -0.39 is 59.3 Å². The number of rotatable bonds is 6. The van der Waals surface area contributed by atoms with E-state index in [-0.39, 0.29) is 31.2 Å². The van der Waals surface area contributed by atoms with Crippen LogP contribution in [0.1, 0.15) is 67.2 Å². The lowest BCUT2D eigenvalue weighted by Gasteiger charge is -2.41. The Labute approximate surface area is 289 Å². The summed E-state index contributed by atoms with van der Waals surface area (Å²) in [6, 6.07) is 0.800. The van der Waals surface area contributed by atoms with Gasteiger partial charge in [-0.25, -0.2) is 9.59 Å². The molecule has 4 aliphatic heterocycles. The maximum absolute atomic E-state index is 13.9. The number of carbonyl (C=O) groups excluding carboxylic acids is 3. The van der Waals surface area contributed by atoms with E-state index in [1.165, 1.54) is 27.6 Å². The van der Waals surface area contributed by atoms with Crippen LogP contribution in [0.3, 0.4) is 0 Å². The number of amides is 4. The lowest BCUT2D eigenvalue weighted by atomic mass is 9.96. The van der Waals surface area contributed by atoms with Gasteiger partial charge in [0.2, 0.25) is 0 Å². The topological polar surface area (TPSA) is 111 Å². The number of nitrogen functional groups attached to an aromatic ring is 1. The highest BCUT2D eigenvalue weighted by Crippen LogP contribution is 2.42. The highest BCUT2D eigenvalue weighted by Gasteiger charge is 2.42. The smallest absolute Gasteiger partial charge is 0.418 e. The standard InChI is InChI=1S/C33H40F6N6O4S/c34-32(35,36)24-14-20(15-25(28(24)40)33(37,38)39)16-27(29(46)43-10-4-22(5-11-43)42-8-2-1-3-9-42)49-31(48)44-12-6-23(7-13-44)45-17-21-18-50-19-26(21)41-30(45)47/h14-15,18-19,22-23,27H,1-13,16-17,40H2,(H,41,47)/t27-/m1/s1. The van der Waals surface area contributed by atoms with Crippen molar-refractivity contribution in [2.75, 3.05) is 50.3 Å². The molecule has 0 aliphatic carbocycles. The van der Waals surface area contributed by atoms with E-state index in [0.29, 0.717) is 57.5 Å². The van der Waals surface area contributed by atoms with E-state index in [4.69, 9.17) is 10.5 Å². The van der Waals surface area contributed by atoms with Crippen LogP contribution in [-0.2, 0) is 34.8 Å². The average Bonchev–Trinajstić information content (AvgIpc) is 3.54. The normalized spacial score (nSPS) is 20.8. The zero-order chi connectivity index (χ0) is 35.8. The minimum absolute atomic E-state index is 0.171. The number of nitrogens with one attached hydrogen (secondary N) is 1. The molecule has 10 nitrogen and oxygen atoms in total. The van der Waals surface area contributed by atoms with Gasteiger partial charge in [-0.15, -0.1) is 11.3 Å². The largest absolute Gasteiger partial charge is 0.436 e. The minimum atomic E-state index is -5.20. The van der Waals surface area contributed by atoms with Crippen LogP contribution in [-0.4, -0.2) is 95.1 Å². The number of hydrogen-bond acceptors (Lipinski definition) is 7. The van der Waals surface area contributed by atoms with Gasteiger partial charge in [0.15, 0.2) is 6.10 Å². The molecule has 0 saturated carbocycles. The van der Waals surface area contributed by atoms with Crippen LogP contribution in [0.15, 0.2) is 22.9 Å². The quantitative estimate of drug-likeness (QED) is 0.263. The van der Waals surface area contributed by atoms with Gasteiger partial charge in [0.25, 0.3) is 5.91 Å². The summed E-state index contributed by atoms with van der Waals surface area (Å²) < 4.78 is 88.6. The molecule has 5 heterocycles. The Morgan fingerprint density at radius 3 is 2.04 bits per heavy atom. The van der Waals surface area contributed by atoms with Crippen LogP contribution >= 0.6 is 11.3 Å². The minimum Gasteiger partial charge on any atom is -0.436 e. The van der Waals surface area contributed by atoms with E-state index in [1.807, 2.05) is 10.8 Å². The van der Waals surface area contributed by atoms with E-state index in [9.17, 15) is 40.7 Å². The van der Waals surface area contributed by atoms with E-state index in [1.54, 1.807) is 4.90 Å². The number of hydrogen-bond donors (Lipinski definition) is 2. The third-order valence-electron chi connectivity index (χ3n) is 10.2. The van der Waals surface area contributed by atoms with Crippen molar-refractivity contribution in [1.29, 1.82) is 0 Å². The van der Waals surface area contributed by atoms with Gasteiger partial charge in [-0.3, -0.25) is 4.79 Å². The summed E-state index contributed by atoms with van der Waals surface area (Å²) >= 11 is 1.48. The number of benzene rings is 1. The van der Waals surface area contributed by atoms with Crippen molar-refractivity contribution >= 4 is 40.7 Å². The molecule has 1 atom stereocenters. The zero-order valence-electron chi connectivity index (χ0n) is 27.3. The number of nitrogens with two attached hydrogens (primary N) is 1. The molecular weight excluding hydrogens is 690 g/mol. The second-order valence-corrected chi connectivity index (χ2v) is 14.2. The zero-order valence-corrected chi connectivity index (χ0v) is 28.1. The second-order valence-electron chi connectivity index (χ2n) is 13.4. The predicted molar refractivity (Wildman–Crippen MR) is 173 cm³/mol. The summed E-state index contributed by atoms with van der Waals surface area (Å²) in [6.07, 6.45) is -8.23. The van der Waals surface area contributed by atoms with E-state index >= 15 is 0 Å². The molecule has 0 radical (unpaired) electrons. The van der Waals surface area contributed by atoms with Crippen molar-refractivity contribution in [3.63, 3.8) is 0 Å². The molecule has 1 aromatic carbocycles. The molecule has 3 N–H and O–H groups in total. The molecule has 2 aromatic rings. The van der Waals surface area contributed by atoms with Gasteiger partial charge < -0.3 is 35.4 Å². The number of urea groups is 1. The number of fused-ring (bicyclic) bond motifs is 1. The lowest BCUT2D eigenvalue weighted by molar-refractivity contribution is -0.142. The Morgan fingerprint density at radius 2 is 1.44 bits per heavy atom. The summed E-state index contributed by atoms with van der Waals surface area (Å²) in [5.74, 6) is -0.680. The summed E-state index contributed by atoms with van der Waals surface area (Å²) in [5.41, 5.74) is 1.78. The Morgan fingerprint density at radius 1 is 0.860 bits per heavy atom. The number of likely N-dealkylation sites (tertiary alicyclic amines) is 3. The maximum Gasteiger partial charge on any atom is 0.418 e. The highest BCUT2D eigenvalue weighted by atomic mass is 32.1. The Kier molecular flexibility index (Phi) is 10.4. The number of halogens is 6. The Hall–Kier alpha value is -3.73. The van der Waals surface area contributed by atoms with Gasteiger partial charge in [-0.05, 0) is 74.7 Å². The van der Waals surface area contributed by atoms with Crippen molar-refractivity contribution in [2.45, 2.75) is 88.5 Å². The number of thiophene rings is 1. The Bertz CT molecular complexity index is 1530. The molecule has 0 spiro atoms. The number of anilines is 2. The molecule has 17 heteroatoms. The molecule has 1 aromatic heterocycles. The molecule has 274 valence electrons. The molecular formula is C33H40F6N6O4S. The average molecular weight is 731 g/mol. The molecule has 50 heavy (non-hydrogen) atoms. The summed E-state index contributed by atoms with van der Waals surface area (Å²) in [4.78, 5) is 47.0. The van der Waals surface area contributed by atoms with Crippen LogP contribution in [0.5, 0.6) is 0 Å². The number of nitrogens with zero attached hydrogens (tertiary/aromatic N) is 4. The first-order valence-corrected chi connectivity index (χ1v) is 17.8. The fourth-order valence-corrected chi connectivity index (χ4v) is 8.26. The van der Waals surface area contributed by atoms with Gasteiger partial charge in [0.1, 0.15) is 0 Å². The number of ether oxygens (including phenoxy) is 1. The SMILES string of the molecule is Nc1c(C(F)(F)F)cc(C[C@@H](OC(=O)N2CCC(N3Cc4cscc4NC3=O)CC2)C(=O)N2CCC(N3CCCCC3)CC2)cc1C(F)(F)F. The first kappa shape index (κ1) is 36.1. The van der Waals surface area contributed by atoms with Gasteiger partial charge in [0, 0.05) is 55.6 Å². The van der Waals surface area contributed by atoms with Gasteiger partial charge in [-0.1, -0.05) is 6.42 Å². The van der Waals surface area contributed by atoms with Crippen molar-refractivity contribution in [2.24, 2.45) is 0 Å². The molecule has 0 unspecified atom stereocenters. The lowest BCUT2D eigenvalue weighted by Crippen LogP contribution is -2.53. The molecule has 3 saturated heterocycles.